The Hall–Kier alpha value is -2.74. The van der Waals surface area contributed by atoms with Crippen LogP contribution in [-0.4, -0.2) is 33.9 Å². The monoisotopic (exact) mass is 288 g/mol. The fourth-order valence-electron chi connectivity index (χ4n) is 1.82. The van der Waals surface area contributed by atoms with Gasteiger partial charge in [0.05, 0.1) is 23.1 Å². The number of primary amides is 1. The van der Waals surface area contributed by atoms with Gasteiger partial charge in [0.1, 0.15) is 6.54 Å². The molecule has 1 aromatic carbocycles. The molecule has 2 aromatic rings. The molecule has 110 valence electrons. The number of para-hydroxylation sites is 1. The summed E-state index contributed by atoms with van der Waals surface area (Å²) in [6, 6.07) is 6.56. The van der Waals surface area contributed by atoms with E-state index in [0.29, 0.717) is 12.2 Å². The van der Waals surface area contributed by atoms with Crippen LogP contribution in [-0.2, 0) is 17.9 Å². The number of hydrogen-bond donors (Lipinski definition) is 3. The number of benzene rings is 1. The average molecular weight is 288 g/mol. The summed E-state index contributed by atoms with van der Waals surface area (Å²) in [5.74, 6) is -0.910. The number of nitrogens with one attached hydrogen (secondary N) is 2. The number of nitrogens with two attached hydrogens (primary N) is 1. The molecule has 8 nitrogen and oxygen atoms in total. The second-order valence-corrected chi connectivity index (χ2v) is 4.40. The summed E-state index contributed by atoms with van der Waals surface area (Å²) in [6.45, 7) is 0.579. The largest absolute Gasteiger partial charge is 0.366 e. The van der Waals surface area contributed by atoms with Gasteiger partial charge in [0.2, 0.25) is 5.91 Å². The SMILES string of the molecule is CNCc1cn(CC(=O)Nc2ccccc2C(N)=O)nn1. The molecule has 0 radical (unpaired) electrons. The fourth-order valence-corrected chi connectivity index (χ4v) is 1.82. The van der Waals surface area contributed by atoms with E-state index < -0.39 is 5.91 Å². The zero-order chi connectivity index (χ0) is 15.2. The minimum Gasteiger partial charge on any atom is -0.366 e. The van der Waals surface area contributed by atoms with E-state index in [9.17, 15) is 9.59 Å². The minimum absolute atomic E-state index is 0.00378. The average Bonchev–Trinajstić information content (AvgIpc) is 2.86. The van der Waals surface area contributed by atoms with Crippen LogP contribution in [0.15, 0.2) is 30.5 Å². The highest BCUT2D eigenvalue weighted by molar-refractivity contribution is 6.02. The molecule has 21 heavy (non-hydrogen) atoms. The molecule has 0 saturated heterocycles. The van der Waals surface area contributed by atoms with Gasteiger partial charge >= 0.3 is 0 Å². The van der Waals surface area contributed by atoms with Gasteiger partial charge in [-0.2, -0.15) is 0 Å². The predicted molar refractivity (Wildman–Crippen MR) is 76.4 cm³/mol. The van der Waals surface area contributed by atoms with Crippen molar-refractivity contribution in [1.29, 1.82) is 0 Å². The lowest BCUT2D eigenvalue weighted by molar-refractivity contribution is -0.116. The van der Waals surface area contributed by atoms with E-state index in [-0.39, 0.29) is 18.0 Å². The van der Waals surface area contributed by atoms with Crippen LogP contribution in [0.1, 0.15) is 16.1 Å². The van der Waals surface area contributed by atoms with Crippen LogP contribution in [0.4, 0.5) is 5.69 Å². The Morgan fingerprint density at radius 3 is 2.81 bits per heavy atom. The van der Waals surface area contributed by atoms with Crippen LogP contribution >= 0.6 is 0 Å². The van der Waals surface area contributed by atoms with Crippen molar-refractivity contribution in [3.63, 3.8) is 0 Å². The molecule has 0 spiro atoms. The van der Waals surface area contributed by atoms with Crippen LogP contribution < -0.4 is 16.4 Å². The molecule has 0 fully saturated rings. The molecule has 0 unspecified atom stereocenters. The van der Waals surface area contributed by atoms with Crippen LogP contribution in [0.2, 0.25) is 0 Å². The molecular formula is C13H16N6O2. The van der Waals surface area contributed by atoms with Gasteiger partial charge in [-0.25, -0.2) is 4.68 Å². The van der Waals surface area contributed by atoms with E-state index in [1.807, 2.05) is 0 Å². The third-order valence-electron chi connectivity index (χ3n) is 2.72. The highest BCUT2D eigenvalue weighted by atomic mass is 16.2. The molecule has 0 bridgehead atoms. The van der Waals surface area contributed by atoms with Crippen molar-refractivity contribution < 1.29 is 9.59 Å². The van der Waals surface area contributed by atoms with E-state index in [4.69, 9.17) is 5.73 Å². The molecule has 0 aliphatic carbocycles. The summed E-state index contributed by atoms with van der Waals surface area (Å²) in [5.41, 5.74) is 6.64. The lowest BCUT2D eigenvalue weighted by atomic mass is 10.1. The van der Waals surface area contributed by atoms with Crippen molar-refractivity contribution in [3.8, 4) is 0 Å². The molecule has 1 aromatic heterocycles. The van der Waals surface area contributed by atoms with E-state index in [1.165, 1.54) is 4.68 Å². The Morgan fingerprint density at radius 2 is 2.10 bits per heavy atom. The normalized spacial score (nSPS) is 10.3. The molecule has 2 amide bonds. The maximum Gasteiger partial charge on any atom is 0.250 e. The van der Waals surface area contributed by atoms with E-state index in [1.54, 1.807) is 37.5 Å². The van der Waals surface area contributed by atoms with Crippen molar-refractivity contribution in [2.24, 2.45) is 5.73 Å². The Morgan fingerprint density at radius 1 is 1.33 bits per heavy atom. The molecule has 4 N–H and O–H groups in total. The summed E-state index contributed by atoms with van der Waals surface area (Å²) in [6.07, 6.45) is 1.68. The quantitative estimate of drug-likeness (QED) is 0.677. The zero-order valence-corrected chi connectivity index (χ0v) is 11.5. The van der Waals surface area contributed by atoms with E-state index in [0.717, 1.165) is 5.69 Å². The maximum absolute atomic E-state index is 12.0. The first-order chi connectivity index (χ1) is 10.1. The molecule has 0 saturated carbocycles. The number of aromatic nitrogens is 3. The van der Waals surface area contributed by atoms with E-state index in [2.05, 4.69) is 20.9 Å². The van der Waals surface area contributed by atoms with E-state index >= 15 is 0 Å². The summed E-state index contributed by atoms with van der Waals surface area (Å²) < 4.78 is 1.43. The molecule has 0 atom stereocenters. The predicted octanol–water partition coefficient (Wildman–Crippen LogP) is -0.265. The van der Waals surface area contributed by atoms with Crippen molar-refractivity contribution in [1.82, 2.24) is 20.3 Å². The van der Waals surface area contributed by atoms with Gasteiger partial charge in [-0.1, -0.05) is 17.3 Å². The molecule has 0 aliphatic heterocycles. The third kappa shape index (κ3) is 3.86. The molecule has 1 heterocycles. The summed E-state index contributed by atoms with van der Waals surface area (Å²) in [4.78, 5) is 23.2. The first-order valence-electron chi connectivity index (χ1n) is 6.32. The van der Waals surface area contributed by atoms with Gasteiger partial charge in [0.15, 0.2) is 0 Å². The Labute approximate surface area is 121 Å². The number of carbonyl (C=O) groups excluding carboxylic acids is 2. The number of anilines is 1. The summed E-state index contributed by atoms with van der Waals surface area (Å²) in [5, 5.41) is 13.3. The Balaban J connectivity index is 2.03. The first kappa shape index (κ1) is 14.7. The third-order valence-corrected chi connectivity index (χ3v) is 2.72. The Bertz CT molecular complexity index is 652. The smallest absolute Gasteiger partial charge is 0.250 e. The van der Waals surface area contributed by atoms with Crippen LogP contribution in [0.25, 0.3) is 0 Å². The standard InChI is InChI=1S/C13H16N6O2/c1-15-6-9-7-19(18-17-9)8-12(20)16-11-5-3-2-4-10(11)13(14)21/h2-5,7,15H,6,8H2,1H3,(H2,14,21)(H,16,20). The number of nitrogens with zero attached hydrogens (tertiary/aromatic N) is 3. The molecule has 0 aliphatic rings. The number of hydrogen-bond acceptors (Lipinski definition) is 5. The van der Waals surface area contributed by atoms with Gasteiger partial charge in [0, 0.05) is 6.54 Å². The van der Waals surface area contributed by atoms with Crippen LogP contribution in [0, 0.1) is 0 Å². The summed E-state index contributed by atoms with van der Waals surface area (Å²) in [7, 11) is 1.80. The van der Waals surface area contributed by atoms with Gasteiger partial charge < -0.3 is 16.4 Å². The second kappa shape index (κ2) is 6.62. The van der Waals surface area contributed by atoms with Crippen LogP contribution in [0.3, 0.4) is 0 Å². The molecule has 8 heteroatoms. The lowest BCUT2D eigenvalue weighted by Gasteiger charge is -2.08. The number of carbonyl (C=O) groups is 2. The van der Waals surface area contributed by atoms with Gasteiger partial charge in [-0.3, -0.25) is 9.59 Å². The second-order valence-electron chi connectivity index (χ2n) is 4.40. The fraction of sp³-hybridized carbons (Fsp3) is 0.231. The topological polar surface area (TPSA) is 115 Å². The Kier molecular flexibility index (Phi) is 4.62. The van der Waals surface area contributed by atoms with Crippen molar-refractivity contribution in [2.45, 2.75) is 13.1 Å². The summed E-state index contributed by atoms with van der Waals surface area (Å²) >= 11 is 0. The van der Waals surface area contributed by atoms with Crippen molar-refractivity contribution in [3.05, 3.63) is 41.7 Å². The van der Waals surface area contributed by atoms with Crippen molar-refractivity contribution >= 4 is 17.5 Å². The lowest BCUT2D eigenvalue weighted by Crippen LogP contribution is -2.22. The maximum atomic E-state index is 12.0. The number of amides is 2. The zero-order valence-electron chi connectivity index (χ0n) is 11.5. The van der Waals surface area contributed by atoms with Gasteiger partial charge in [0.25, 0.3) is 5.91 Å². The first-order valence-corrected chi connectivity index (χ1v) is 6.32. The number of rotatable bonds is 6. The molecule has 2 rings (SSSR count). The van der Waals surface area contributed by atoms with Crippen LogP contribution in [0.5, 0.6) is 0 Å². The van der Waals surface area contributed by atoms with Gasteiger partial charge in [-0.15, -0.1) is 5.10 Å². The minimum atomic E-state index is -0.594. The van der Waals surface area contributed by atoms with Crippen molar-refractivity contribution in [2.75, 3.05) is 12.4 Å². The molecular weight excluding hydrogens is 272 g/mol. The highest BCUT2D eigenvalue weighted by Crippen LogP contribution is 2.14. The van der Waals surface area contributed by atoms with Gasteiger partial charge in [-0.05, 0) is 19.2 Å². The highest BCUT2D eigenvalue weighted by Gasteiger charge is 2.11.